The second-order valence-corrected chi connectivity index (χ2v) is 3.89. The fraction of sp³-hybridized carbons (Fsp3) is 0.154. The van der Waals surface area contributed by atoms with Gasteiger partial charge in [-0.05, 0) is 17.7 Å². The maximum absolute atomic E-state index is 13.7. The van der Waals surface area contributed by atoms with E-state index in [0.29, 0.717) is 24.0 Å². The van der Waals surface area contributed by atoms with Crippen LogP contribution < -0.4 is 0 Å². The lowest BCUT2D eigenvalue weighted by molar-refractivity contribution is 0.0595. The molecule has 0 spiro atoms. The van der Waals surface area contributed by atoms with Gasteiger partial charge in [0.15, 0.2) is 6.29 Å². The summed E-state index contributed by atoms with van der Waals surface area (Å²) in [6.45, 7) is 0.312. The van der Waals surface area contributed by atoms with Crippen LogP contribution in [0.3, 0.4) is 0 Å². The number of methoxy groups -OCH3 is 1. The Balaban J connectivity index is 2.20. The first kappa shape index (κ1) is 12.9. The van der Waals surface area contributed by atoms with Crippen LogP contribution in [0.4, 0.5) is 4.39 Å². The Bertz CT molecular complexity index is 622. The first-order valence-corrected chi connectivity index (χ1v) is 5.48. The van der Waals surface area contributed by atoms with E-state index in [9.17, 15) is 14.0 Å². The highest BCUT2D eigenvalue weighted by atomic mass is 19.1. The SMILES string of the molecule is COC(=O)c1ccc(Cn2cc(C=O)cn2)cc1F. The third-order valence-corrected chi connectivity index (χ3v) is 2.57. The lowest BCUT2D eigenvalue weighted by atomic mass is 10.1. The molecule has 0 aliphatic carbocycles. The Hall–Kier alpha value is -2.50. The molecule has 0 aliphatic rings. The second kappa shape index (κ2) is 5.43. The Morgan fingerprint density at radius 3 is 2.89 bits per heavy atom. The largest absolute Gasteiger partial charge is 0.465 e. The number of esters is 1. The van der Waals surface area contributed by atoms with Crippen LogP contribution in [-0.2, 0) is 11.3 Å². The zero-order chi connectivity index (χ0) is 13.8. The molecule has 6 heteroatoms. The maximum atomic E-state index is 13.7. The van der Waals surface area contributed by atoms with Gasteiger partial charge >= 0.3 is 5.97 Å². The molecule has 0 aliphatic heterocycles. The zero-order valence-electron chi connectivity index (χ0n) is 10.2. The summed E-state index contributed by atoms with van der Waals surface area (Å²) in [5.41, 5.74) is 0.970. The monoisotopic (exact) mass is 262 g/mol. The number of hydrogen-bond acceptors (Lipinski definition) is 4. The van der Waals surface area contributed by atoms with E-state index >= 15 is 0 Å². The standard InChI is InChI=1S/C13H11FN2O3/c1-19-13(18)11-3-2-9(4-12(11)14)6-16-7-10(8-17)5-15-16/h2-5,7-8H,6H2,1H3. The molecule has 0 N–H and O–H groups in total. The van der Waals surface area contributed by atoms with Gasteiger partial charge in [-0.15, -0.1) is 0 Å². The minimum atomic E-state index is -0.716. The fourth-order valence-corrected chi connectivity index (χ4v) is 1.65. The van der Waals surface area contributed by atoms with Crippen molar-refractivity contribution in [3.63, 3.8) is 0 Å². The predicted molar refractivity (Wildman–Crippen MR) is 64.5 cm³/mol. The topological polar surface area (TPSA) is 61.2 Å². The summed E-state index contributed by atoms with van der Waals surface area (Å²) in [5, 5.41) is 3.96. The predicted octanol–water partition coefficient (Wildman–Crippen LogP) is 1.67. The molecule has 2 rings (SSSR count). The number of carbonyl (C=O) groups excluding carboxylic acids is 2. The molecule has 1 aromatic carbocycles. The third-order valence-electron chi connectivity index (χ3n) is 2.57. The molecule has 2 aromatic rings. The van der Waals surface area contributed by atoms with Crippen molar-refractivity contribution in [3.05, 3.63) is 53.1 Å². The highest BCUT2D eigenvalue weighted by Crippen LogP contribution is 2.12. The first-order chi connectivity index (χ1) is 9.13. The molecule has 0 fully saturated rings. The van der Waals surface area contributed by atoms with E-state index in [0.717, 1.165) is 0 Å². The van der Waals surface area contributed by atoms with Crippen molar-refractivity contribution in [1.82, 2.24) is 9.78 Å². The molecular formula is C13H11FN2O3. The van der Waals surface area contributed by atoms with Gasteiger partial charge in [-0.2, -0.15) is 5.10 Å². The van der Waals surface area contributed by atoms with E-state index in [1.807, 2.05) is 0 Å². The quantitative estimate of drug-likeness (QED) is 0.621. The van der Waals surface area contributed by atoms with E-state index in [1.54, 1.807) is 12.3 Å². The lowest BCUT2D eigenvalue weighted by Crippen LogP contribution is -2.06. The van der Waals surface area contributed by atoms with Crippen LogP contribution in [0.25, 0.3) is 0 Å². The van der Waals surface area contributed by atoms with Crippen LogP contribution in [0.2, 0.25) is 0 Å². The van der Waals surface area contributed by atoms with E-state index in [1.165, 1.54) is 30.1 Å². The number of rotatable bonds is 4. The molecule has 0 atom stereocenters. The van der Waals surface area contributed by atoms with E-state index in [-0.39, 0.29) is 5.56 Å². The minimum Gasteiger partial charge on any atom is -0.465 e. The van der Waals surface area contributed by atoms with Crippen molar-refractivity contribution in [2.75, 3.05) is 7.11 Å². The molecule has 0 bridgehead atoms. The summed E-state index contributed by atoms with van der Waals surface area (Å²) >= 11 is 0. The van der Waals surface area contributed by atoms with Crippen molar-refractivity contribution in [2.45, 2.75) is 6.54 Å². The number of nitrogens with zero attached hydrogens (tertiary/aromatic N) is 2. The number of aromatic nitrogens is 2. The van der Waals surface area contributed by atoms with Crippen LogP contribution in [-0.4, -0.2) is 29.1 Å². The highest BCUT2D eigenvalue weighted by Gasteiger charge is 2.12. The van der Waals surface area contributed by atoms with Crippen LogP contribution in [0.15, 0.2) is 30.6 Å². The van der Waals surface area contributed by atoms with Crippen molar-refractivity contribution < 1.29 is 18.7 Å². The van der Waals surface area contributed by atoms with Gasteiger partial charge in [0.05, 0.1) is 31.0 Å². The number of halogens is 1. The van der Waals surface area contributed by atoms with E-state index in [4.69, 9.17) is 0 Å². The van der Waals surface area contributed by atoms with Gasteiger partial charge in [-0.1, -0.05) is 6.07 Å². The Labute approximate surface area is 108 Å². The van der Waals surface area contributed by atoms with Crippen molar-refractivity contribution >= 4 is 12.3 Å². The minimum absolute atomic E-state index is 0.111. The zero-order valence-corrected chi connectivity index (χ0v) is 10.2. The average molecular weight is 262 g/mol. The van der Waals surface area contributed by atoms with Crippen LogP contribution in [0.5, 0.6) is 0 Å². The molecule has 0 amide bonds. The molecule has 0 saturated carbocycles. The Morgan fingerprint density at radius 2 is 2.32 bits per heavy atom. The number of benzene rings is 1. The lowest BCUT2D eigenvalue weighted by Gasteiger charge is -2.05. The molecule has 5 nitrogen and oxygen atoms in total. The summed E-state index contributed by atoms with van der Waals surface area (Å²) in [4.78, 5) is 21.7. The highest BCUT2D eigenvalue weighted by molar-refractivity contribution is 5.89. The molecule has 0 unspecified atom stereocenters. The molecule has 19 heavy (non-hydrogen) atoms. The number of carbonyl (C=O) groups is 2. The van der Waals surface area contributed by atoms with E-state index in [2.05, 4.69) is 9.84 Å². The van der Waals surface area contributed by atoms with Crippen LogP contribution in [0, 0.1) is 5.82 Å². The van der Waals surface area contributed by atoms with Crippen LogP contribution in [0.1, 0.15) is 26.3 Å². The van der Waals surface area contributed by atoms with E-state index < -0.39 is 11.8 Å². The Kier molecular flexibility index (Phi) is 3.70. The number of ether oxygens (including phenoxy) is 1. The summed E-state index contributed by atoms with van der Waals surface area (Å²) < 4.78 is 19.6. The van der Waals surface area contributed by atoms with Gasteiger partial charge in [0.25, 0.3) is 0 Å². The first-order valence-electron chi connectivity index (χ1n) is 5.48. The molecule has 0 radical (unpaired) electrons. The molecule has 1 heterocycles. The smallest absolute Gasteiger partial charge is 0.340 e. The van der Waals surface area contributed by atoms with Crippen molar-refractivity contribution in [3.8, 4) is 0 Å². The van der Waals surface area contributed by atoms with Crippen LogP contribution >= 0.6 is 0 Å². The number of hydrogen-bond donors (Lipinski definition) is 0. The molecule has 1 aromatic heterocycles. The average Bonchev–Trinajstić information content (AvgIpc) is 2.86. The van der Waals surface area contributed by atoms with Crippen molar-refractivity contribution in [2.24, 2.45) is 0 Å². The van der Waals surface area contributed by atoms with Gasteiger partial charge in [0.2, 0.25) is 0 Å². The third kappa shape index (κ3) is 2.85. The second-order valence-electron chi connectivity index (χ2n) is 3.89. The fourth-order valence-electron chi connectivity index (χ4n) is 1.65. The summed E-state index contributed by atoms with van der Waals surface area (Å²) in [6.07, 6.45) is 3.66. The number of aldehydes is 1. The Morgan fingerprint density at radius 1 is 1.53 bits per heavy atom. The van der Waals surface area contributed by atoms with Gasteiger partial charge in [-0.25, -0.2) is 9.18 Å². The molecule has 98 valence electrons. The summed E-state index contributed by atoms with van der Waals surface area (Å²) in [6, 6.07) is 4.22. The summed E-state index contributed by atoms with van der Waals surface area (Å²) in [7, 11) is 1.19. The molecule has 0 saturated heterocycles. The maximum Gasteiger partial charge on any atom is 0.340 e. The van der Waals surface area contributed by atoms with Crippen molar-refractivity contribution in [1.29, 1.82) is 0 Å². The molecular weight excluding hydrogens is 251 g/mol. The summed E-state index contributed by atoms with van der Waals surface area (Å²) in [5.74, 6) is -1.36. The van der Waals surface area contributed by atoms with Gasteiger partial charge < -0.3 is 4.74 Å². The van der Waals surface area contributed by atoms with Gasteiger partial charge in [-0.3, -0.25) is 9.48 Å². The van der Waals surface area contributed by atoms with Gasteiger partial charge in [0.1, 0.15) is 5.82 Å². The van der Waals surface area contributed by atoms with Gasteiger partial charge in [0, 0.05) is 6.20 Å². The normalized spacial score (nSPS) is 10.2.